The maximum absolute atomic E-state index is 13.7. The number of amides is 3. The highest BCUT2D eigenvalue weighted by atomic mass is 16.5. The third-order valence-corrected chi connectivity index (χ3v) is 8.40. The van der Waals surface area contributed by atoms with Gasteiger partial charge in [-0.3, -0.25) is 24.2 Å². The Kier molecular flexibility index (Phi) is 4.70. The van der Waals surface area contributed by atoms with Crippen LogP contribution in [-0.2, 0) is 9.59 Å². The van der Waals surface area contributed by atoms with Crippen LogP contribution in [-0.4, -0.2) is 36.4 Å². The molecule has 2 bridgehead atoms. The van der Waals surface area contributed by atoms with E-state index in [1.807, 2.05) is 32.0 Å². The van der Waals surface area contributed by atoms with E-state index in [2.05, 4.69) is 12.2 Å². The molecule has 6 unspecified atom stereocenters. The smallest absolute Gasteiger partial charge is 0.259 e. The minimum Gasteiger partial charge on any atom is -0.497 e. The zero-order chi connectivity index (χ0) is 23.7. The fourth-order valence-corrected chi connectivity index (χ4v) is 6.37. The molecule has 0 aromatic heterocycles. The average Bonchev–Trinajstić information content (AvgIpc) is 3.64. The summed E-state index contributed by atoms with van der Waals surface area (Å²) in [6, 6.07) is 12.7. The zero-order valence-corrected chi connectivity index (χ0v) is 19.6. The summed E-state index contributed by atoms with van der Waals surface area (Å²) in [6.45, 7) is 3.92. The minimum absolute atomic E-state index is 0.0853. The van der Waals surface area contributed by atoms with E-state index in [0.717, 1.165) is 17.5 Å². The Morgan fingerprint density at radius 1 is 0.971 bits per heavy atom. The highest BCUT2D eigenvalue weighted by molar-refractivity contribution is 6.10. The number of likely N-dealkylation sites (tertiary alicyclic amines) is 1. The molecule has 0 spiro atoms. The SMILES string of the molecule is COc1cccc(C(=O)N(CN2C(=O)C3C4C=CC(C5CC45)C3C2=O)c2ccc(C)c(C)c2)c1. The monoisotopic (exact) mass is 456 g/mol. The molecule has 6 nitrogen and oxygen atoms in total. The number of benzene rings is 2. The first-order chi connectivity index (χ1) is 16.4. The normalized spacial score (nSPS) is 30.3. The van der Waals surface area contributed by atoms with E-state index in [-0.39, 0.29) is 48.1 Å². The van der Waals surface area contributed by atoms with Crippen molar-refractivity contribution in [3.8, 4) is 5.75 Å². The highest BCUT2D eigenvalue weighted by Crippen LogP contribution is 2.65. The van der Waals surface area contributed by atoms with Gasteiger partial charge in [-0.25, -0.2) is 0 Å². The minimum atomic E-state index is -0.278. The van der Waals surface area contributed by atoms with Crippen LogP contribution in [0.5, 0.6) is 5.75 Å². The van der Waals surface area contributed by atoms with Crippen LogP contribution in [0, 0.1) is 49.4 Å². The molecule has 3 fully saturated rings. The summed E-state index contributed by atoms with van der Waals surface area (Å²) in [6.07, 6.45) is 5.45. The number of hydrogen-bond acceptors (Lipinski definition) is 4. The number of ether oxygens (including phenoxy) is 1. The van der Waals surface area contributed by atoms with E-state index in [1.165, 1.54) is 4.90 Å². The van der Waals surface area contributed by atoms with Crippen LogP contribution >= 0.6 is 0 Å². The largest absolute Gasteiger partial charge is 0.497 e. The average molecular weight is 457 g/mol. The maximum atomic E-state index is 13.7. The van der Waals surface area contributed by atoms with Gasteiger partial charge in [-0.05, 0) is 85.4 Å². The van der Waals surface area contributed by atoms with Crippen molar-refractivity contribution in [2.45, 2.75) is 20.3 Å². The topological polar surface area (TPSA) is 66.9 Å². The van der Waals surface area contributed by atoms with Gasteiger partial charge in [0, 0.05) is 11.3 Å². The lowest BCUT2D eigenvalue weighted by Gasteiger charge is -2.37. The van der Waals surface area contributed by atoms with Gasteiger partial charge >= 0.3 is 0 Å². The van der Waals surface area contributed by atoms with E-state index in [0.29, 0.717) is 28.8 Å². The van der Waals surface area contributed by atoms with Gasteiger partial charge in [0.15, 0.2) is 0 Å². The fourth-order valence-electron chi connectivity index (χ4n) is 6.37. The van der Waals surface area contributed by atoms with Crippen LogP contribution in [0.4, 0.5) is 5.69 Å². The molecule has 6 atom stereocenters. The van der Waals surface area contributed by atoms with Crippen molar-refractivity contribution in [1.29, 1.82) is 0 Å². The van der Waals surface area contributed by atoms with Crippen molar-refractivity contribution in [1.82, 2.24) is 4.90 Å². The number of rotatable bonds is 5. The Labute approximate surface area is 199 Å². The van der Waals surface area contributed by atoms with Crippen molar-refractivity contribution in [2.75, 3.05) is 18.7 Å². The van der Waals surface area contributed by atoms with E-state index in [9.17, 15) is 14.4 Å². The third-order valence-electron chi connectivity index (χ3n) is 8.40. The molecule has 5 aliphatic rings. The van der Waals surface area contributed by atoms with Crippen LogP contribution in [0.3, 0.4) is 0 Å². The van der Waals surface area contributed by atoms with Gasteiger partial charge in [-0.2, -0.15) is 0 Å². The first-order valence-corrected chi connectivity index (χ1v) is 12.0. The van der Waals surface area contributed by atoms with Crippen LogP contribution in [0.15, 0.2) is 54.6 Å². The predicted octanol–water partition coefficient (Wildman–Crippen LogP) is 3.97. The molecule has 2 saturated carbocycles. The predicted molar refractivity (Wildman–Crippen MR) is 127 cm³/mol. The van der Waals surface area contributed by atoms with E-state index >= 15 is 0 Å². The molecular formula is C28H28N2O4. The van der Waals surface area contributed by atoms with Gasteiger partial charge in [0.05, 0.1) is 18.9 Å². The zero-order valence-electron chi connectivity index (χ0n) is 19.6. The number of aryl methyl sites for hydroxylation is 2. The summed E-state index contributed by atoms with van der Waals surface area (Å²) in [4.78, 5) is 43.7. The number of allylic oxidation sites excluding steroid dienone is 2. The van der Waals surface area contributed by atoms with Gasteiger partial charge in [0.1, 0.15) is 12.4 Å². The van der Waals surface area contributed by atoms with Crippen molar-refractivity contribution < 1.29 is 19.1 Å². The van der Waals surface area contributed by atoms with Gasteiger partial charge in [-0.1, -0.05) is 24.3 Å². The quantitative estimate of drug-likeness (QED) is 0.504. The van der Waals surface area contributed by atoms with Crippen molar-refractivity contribution in [3.05, 3.63) is 71.3 Å². The van der Waals surface area contributed by atoms with E-state index < -0.39 is 0 Å². The first kappa shape index (κ1) is 21.1. The second-order valence-electron chi connectivity index (χ2n) is 10.1. The summed E-state index contributed by atoms with van der Waals surface area (Å²) in [5.41, 5.74) is 3.25. The van der Waals surface area contributed by atoms with Gasteiger partial charge in [0.25, 0.3) is 5.91 Å². The lowest BCUT2D eigenvalue weighted by atomic mass is 9.63. The van der Waals surface area contributed by atoms with E-state index in [1.54, 1.807) is 36.3 Å². The summed E-state index contributed by atoms with van der Waals surface area (Å²) in [5.74, 6) is 0.882. The summed E-state index contributed by atoms with van der Waals surface area (Å²) in [7, 11) is 1.56. The van der Waals surface area contributed by atoms with Gasteiger partial charge in [0.2, 0.25) is 11.8 Å². The molecule has 7 rings (SSSR count). The lowest BCUT2D eigenvalue weighted by Crippen LogP contribution is -2.45. The second-order valence-corrected chi connectivity index (χ2v) is 10.1. The molecule has 6 heteroatoms. The molecule has 2 aromatic rings. The molecule has 0 N–H and O–H groups in total. The Bertz CT molecular complexity index is 1210. The molecule has 0 radical (unpaired) electrons. The molecule has 4 aliphatic carbocycles. The number of anilines is 1. The number of carbonyl (C=O) groups is 3. The number of methoxy groups -OCH3 is 1. The Morgan fingerprint density at radius 3 is 2.26 bits per heavy atom. The molecule has 34 heavy (non-hydrogen) atoms. The molecule has 2 aromatic carbocycles. The van der Waals surface area contributed by atoms with Crippen LogP contribution in [0.2, 0.25) is 0 Å². The van der Waals surface area contributed by atoms with E-state index in [4.69, 9.17) is 4.74 Å². The van der Waals surface area contributed by atoms with Gasteiger partial charge in [-0.15, -0.1) is 0 Å². The number of imide groups is 1. The van der Waals surface area contributed by atoms with Crippen molar-refractivity contribution in [2.24, 2.45) is 35.5 Å². The summed E-state index contributed by atoms with van der Waals surface area (Å²) in [5, 5.41) is 0. The maximum Gasteiger partial charge on any atom is 0.259 e. The molecule has 1 aliphatic heterocycles. The first-order valence-electron chi connectivity index (χ1n) is 12.0. The number of carbonyl (C=O) groups excluding carboxylic acids is 3. The van der Waals surface area contributed by atoms with Crippen LogP contribution in [0.1, 0.15) is 27.9 Å². The second kappa shape index (κ2) is 7.55. The third kappa shape index (κ3) is 3.04. The standard InChI is InChI=1S/C28H28N2O4/c1-15-7-8-18(11-16(15)2)29(26(31)17-5-4-6-19(12-17)34-3)14-30-27(32)24-20-9-10-21(23-13-22(20)23)25(24)28(30)33/h4-12,20-25H,13-14H2,1-3H3. The molecular weight excluding hydrogens is 428 g/mol. The molecule has 3 amide bonds. The van der Waals surface area contributed by atoms with Crippen molar-refractivity contribution >= 4 is 23.4 Å². The number of nitrogens with zero attached hydrogens (tertiary/aromatic N) is 2. The van der Waals surface area contributed by atoms with Crippen LogP contribution in [0.25, 0.3) is 0 Å². The fraction of sp³-hybridized carbons (Fsp3) is 0.393. The summed E-state index contributed by atoms with van der Waals surface area (Å²) < 4.78 is 5.31. The number of hydrogen-bond donors (Lipinski definition) is 0. The summed E-state index contributed by atoms with van der Waals surface area (Å²) >= 11 is 0. The van der Waals surface area contributed by atoms with Gasteiger partial charge < -0.3 is 4.74 Å². The molecule has 174 valence electrons. The highest BCUT2D eigenvalue weighted by Gasteiger charge is 2.67. The Hall–Kier alpha value is -3.41. The molecule has 1 saturated heterocycles. The Balaban J connectivity index is 1.36. The Morgan fingerprint density at radius 2 is 1.65 bits per heavy atom. The van der Waals surface area contributed by atoms with Crippen LogP contribution < -0.4 is 9.64 Å². The molecule has 1 heterocycles. The van der Waals surface area contributed by atoms with Crippen molar-refractivity contribution in [3.63, 3.8) is 0 Å². The lowest BCUT2D eigenvalue weighted by molar-refractivity contribution is -0.140.